The normalized spacial score (nSPS) is 17.5. The Kier molecular flexibility index (Phi) is 6.81. The van der Waals surface area contributed by atoms with Crippen LogP contribution in [-0.2, 0) is 17.8 Å². The highest BCUT2D eigenvalue weighted by Crippen LogP contribution is 2.16. The van der Waals surface area contributed by atoms with Gasteiger partial charge in [-0.15, -0.1) is 0 Å². The number of benzene rings is 1. The van der Waals surface area contributed by atoms with Gasteiger partial charge in [-0.3, -0.25) is 4.99 Å². The average Bonchev–Trinajstić information content (AvgIpc) is 2.69. The molecule has 1 aromatic carbocycles. The predicted molar refractivity (Wildman–Crippen MR) is 110 cm³/mol. The molecule has 1 aromatic heterocycles. The Balaban J connectivity index is 1.59. The molecule has 2 heterocycles. The number of hydrogen-bond donors (Lipinski definition) is 1. The van der Waals surface area contributed by atoms with Gasteiger partial charge in [0.1, 0.15) is 11.6 Å². The van der Waals surface area contributed by atoms with Crippen molar-refractivity contribution in [2.24, 2.45) is 4.99 Å². The number of morpholine rings is 1. The molecule has 1 atom stereocenters. The molecule has 3 rings (SSSR count). The highest BCUT2D eigenvalue weighted by atomic mass is 19.1. The number of nitrogens with one attached hydrogen (secondary N) is 1. The number of aliphatic imine (C=N–C) groups is 1. The van der Waals surface area contributed by atoms with Crippen molar-refractivity contribution in [3.8, 4) is 0 Å². The van der Waals surface area contributed by atoms with Crippen LogP contribution in [0.4, 0.5) is 10.2 Å². The quantitative estimate of drug-likeness (QED) is 0.634. The maximum atomic E-state index is 13.4. The first-order valence-corrected chi connectivity index (χ1v) is 9.53. The minimum absolute atomic E-state index is 0.215. The molecule has 1 aliphatic rings. The van der Waals surface area contributed by atoms with Crippen LogP contribution in [0.2, 0.25) is 0 Å². The second kappa shape index (κ2) is 9.50. The number of aromatic nitrogens is 1. The zero-order valence-electron chi connectivity index (χ0n) is 16.7. The van der Waals surface area contributed by atoms with E-state index in [2.05, 4.69) is 33.2 Å². The maximum absolute atomic E-state index is 13.4. The first-order chi connectivity index (χ1) is 13.5. The fourth-order valence-corrected chi connectivity index (χ4v) is 3.32. The van der Waals surface area contributed by atoms with Gasteiger partial charge in [-0.1, -0.05) is 12.1 Å². The van der Waals surface area contributed by atoms with Crippen molar-refractivity contribution in [1.82, 2.24) is 15.2 Å². The molecule has 0 spiro atoms. The lowest BCUT2D eigenvalue weighted by atomic mass is 10.2. The first kappa shape index (κ1) is 20.1. The van der Waals surface area contributed by atoms with Crippen molar-refractivity contribution >= 4 is 11.8 Å². The molecular formula is C21H28FN5O. The minimum atomic E-state index is -0.226. The van der Waals surface area contributed by atoms with E-state index < -0.39 is 0 Å². The zero-order valence-corrected chi connectivity index (χ0v) is 16.7. The molecule has 1 fully saturated rings. The molecule has 2 aromatic rings. The summed E-state index contributed by atoms with van der Waals surface area (Å²) in [7, 11) is 3.69. The summed E-state index contributed by atoms with van der Waals surface area (Å²) in [6.45, 7) is 5.72. The number of pyridine rings is 1. The fraction of sp³-hybridized carbons (Fsp3) is 0.429. The molecule has 1 N–H and O–H groups in total. The van der Waals surface area contributed by atoms with E-state index in [0.29, 0.717) is 13.1 Å². The number of nitrogens with zero attached hydrogens (tertiary/aromatic N) is 4. The van der Waals surface area contributed by atoms with Gasteiger partial charge in [0, 0.05) is 46.5 Å². The number of ether oxygens (including phenoxy) is 1. The van der Waals surface area contributed by atoms with E-state index in [9.17, 15) is 4.39 Å². The van der Waals surface area contributed by atoms with Crippen LogP contribution in [0.15, 0.2) is 47.6 Å². The average molecular weight is 385 g/mol. The van der Waals surface area contributed by atoms with Crippen LogP contribution < -0.4 is 10.2 Å². The SMILES string of the molecule is CN=C(NCc1ccnc(N2CCOC(C)C2)c1)N(C)Cc1cccc(F)c1. The standard InChI is InChI=1S/C21H28FN5O/c1-16-14-27(9-10-28-16)20-12-17(7-8-24-20)13-25-21(23-2)26(3)15-18-5-4-6-19(22)11-18/h4-8,11-12,16H,9-10,13-15H2,1-3H3,(H,23,25). The molecule has 1 unspecified atom stereocenters. The second-order valence-electron chi connectivity index (χ2n) is 7.04. The maximum Gasteiger partial charge on any atom is 0.193 e. The summed E-state index contributed by atoms with van der Waals surface area (Å²) in [5, 5.41) is 3.37. The van der Waals surface area contributed by atoms with Crippen LogP contribution in [0.5, 0.6) is 0 Å². The molecule has 0 amide bonds. The summed E-state index contributed by atoms with van der Waals surface area (Å²) in [6.07, 6.45) is 2.05. The van der Waals surface area contributed by atoms with Crippen molar-refractivity contribution in [2.75, 3.05) is 38.7 Å². The molecule has 1 saturated heterocycles. The molecule has 1 aliphatic heterocycles. The summed E-state index contributed by atoms with van der Waals surface area (Å²) in [5.74, 6) is 1.50. The van der Waals surface area contributed by atoms with E-state index in [0.717, 1.165) is 42.6 Å². The van der Waals surface area contributed by atoms with Crippen LogP contribution >= 0.6 is 0 Å². The van der Waals surface area contributed by atoms with Crippen LogP contribution in [-0.4, -0.2) is 55.7 Å². The molecule has 0 saturated carbocycles. The van der Waals surface area contributed by atoms with Gasteiger partial charge in [-0.05, 0) is 42.3 Å². The fourth-order valence-electron chi connectivity index (χ4n) is 3.32. The summed E-state index contributed by atoms with van der Waals surface area (Å²) >= 11 is 0. The van der Waals surface area contributed by atoms with Crippen LogP contribution in [0.25, 0.3) is 0 Å². The molecule has 0 bridgehead atoms. The second-order valence-corrected chi connectivity index (χ2v) is 7.04. The molecule has 28 heavy (non-hydrogen) atoms. The number of hydrogen-bond acceptors (Lipinski definition) is 4. The van der Waals surface area contributed by atoms with Crippen molar-refractivity contribution in [2.45, 2.75) is 26.1 Å². The Bertz CT molecular complexity index is 813. The van der Waals surface area contributed by atoms with Gasteiger partial charge >= 0.3 is 0 Å². The zero-order chi connectivity index (χ0) is 19.9. The highest BCUT2D eigenvalue weighted by molar-refractivity contribution is 5.79. The first-order valence-electron chi connectivity index (χ1n) is 9.53. The third-order valence-corrected chi connectivity index (χ3v) is 4.71. The van der Waals surface area contributed by atoms with E-state index in [4.69, 9.17) is 4.74 Å². The van der Waals surface area contributed by atoms with Crippen LogP contribution in [0.3, 0.4) is 0 Å². The van der Waals surface area contributed by atoms with E-state index in [1.54, 1.807) is 19.2 Å². The molecule has 150 valence electrons. The van der Waals surface area contributed by atoms with E-state index in [-0.39, 0.29) is 11.9 Å². The lowest BCUT2D eigenvalue weighted by Gasteiger charge is -2.32. The van der Waals surface area contributed by atoms with E-state index in [1.807, 2.05) is 30.3 Å². The van der Waals surface area contributed by atoms with Crippen molar-refractivity contribution < 1.29 is 9.13 Å². The van der Waals surface area contributed by atoms with Gasteiger partial charge in [0.2, 0.25) is 0 Å². The molecule has 7 heteroatoms. The van der Waals surface area contributed by atoms with Gasteiger partial charge in [-0.2, -0.15) is 0 Å². The Morgan fingerprint density at radius 1 is 1.36 bits per heavy atom. The van der Waals surface area contributed by atoms with E-state index in [1.165, 1.54) is 6.07 Å². The Morgan fingerprint density at radius 3 is 2.96 bits per heavy atom. The highest BCUT2D eigenvalue weighted by Gasteiger charge is 2.18. The van der Waals surface area contributed by atoms with Gasteiger partial charge in [-0.25, -0.2) is 9.37 Å². The summed E-state index contributed by atoms with van der Waals surface area (Å²) in [4.78, 5) is 13.1. The third-order valence-electron chi connectivity index (χ3n) is 4.71. The third kappa shape index (κ3) is 5.42. The molecule has 0 radical (unpaired) electrons. The van der Waals surface area contributed by atoms with Crippen molar-refractivity contribution in [1.29, 1.82) is 0 Å². The number of rotatable bonds is 5. The predicted octanol–water partition coefficient (Wildman–Crippen LogP) is 2.65. The van der Waals surface area contributed by atoms with E-state index >= 15 is 0 Å². The number of guanidine groups is 1. The lowest BCUT2D eigenvalue weighted by molar-refractivity contribution is 0.0529. The van der Waals surface area contributed by atoms with Crippen LogP contribution in [0, 0.1) is 5.82 Å². The summed E-state index contributed by atoms with van der Waals surface area (Å²) < 4.78 is 19.0. The van der Waals surface area contributed by atoms with Crippen LogP contribution in [0.1, 0.15) is 18.1 Å². The topological polar surface area (TPSA) is 53.0 Å². The lowest BCUT2D eigenvalue weighted by Crippen LogP contribution is -2.41. The van der Waals surface area contributed by atoms with Gasteiger partial charge in [0.25, 0.3) is 0 Å². The Labute approximate surface area is 166 Å². The molecular weight excluding hydrogens is 357 g/mol. The van der Waals surface area contributed by atoms with Crippen molar-refractivity contribution in [3.05, 3.63) is 59.5 Å². The number of halogens is 1. The van der Waals surface area contributed by atoms with Crippen molar-refractivity contribution in [3.63, 3.8) is 0 Å². The Hall–Kier alpha value is -2.67. The molecule has 6 nitrogen and oxygen atoms in total. The summed E-state index contributed by atoms with van der Waals surface area (Å²) in [5.41, 5.74) is 2.03. The number of anilines is 1. The molecule has 0 aliphatic carbocycles. The van der Waals surface area contributed by atoms with Gasteiger partial charge in [0.05, 0.1) is 12.7 Å². The Morgan fingerprint density at radius 2 is 2.21 bits per heavy atom. The van der Waals surface area contributed by atoms with Gasteiger partial charge < -0.3 is 19.9 Å². The van der Waals surface area contributed by atoms with Gasteiger partial charge in [0.15, 0.2) is 5.96 Å². The minimum Gasteiger partial charge on any atom is -0.375 e. The largest absolute Gasteiger partial charge is 0.375 e. The monoisotopic (exact) mass is 385 g/mol. The summed E-state index contributed by atoms with van der Waals surface area (Å²) in [6, 6.07) is 10.7. The smallest absolute Gasteiger partial charge is 0.193 e.